The number of aryl methyl sites for hydroxylation is 1. The minimum atomic E-state index is -3.77. The third-order valence-corrected chi connectivity index (χ3v) is 6.68. The molecule has 0 aliphatic carbocycles. The van der Waals surface area contributed by atoms with Crippen LogP contribution in [0.1, 0.15) is 45.6 Å². The van der Waals surface area contributed by atoms with Crippen molar-refractivity contribution in [2.45, 2.75) is 63.1 Å². The van der Waals surface area contributed by atoms with Crippen LogP contribution in [0.25, 0.3) is 0 Å². The number of hydrogen-bond acceptors (Lipinski definition) is 6. The van der Waals surface area contributed by atoms with Gasteiger partial charge in [-0.2, -0.15) is 8.42 Å². The molecule has 2 aliphatic rings. The van der Waals surface area contributed by atoms with Gasteiger partial charge in [0.1, 0.15) is 5.60 Å². The fraction of sp³-hybridized carbons (Fsp3) is 0.667. The predicted octanol–water partition coefficient (Wildman–Crippen LogP) is 3.51. The number of piperidine rings is 1. The van der Waals surface area contributed by atoms with E-state index in [0.717, 1.165) is 12.0 Å². The maximum Gasteiger partial charge on any atom is 0.410 e. The smallest absolute Gasteiger partial charge is 0.410 e. The number of likely N-dealkylation sites (tertiary alicyclic amines) is 1. The lowest BCUT2D eigenvalue weighted by molar-refractivity contribution is -0.0487. The van der Waals surface area contributed by atoms with E-state index in [-0.39, 0.29) is 29.1 Å². The molecule has 2 fully saturated rings. The van der Waals surface area contributed by atoms with E-state index in [4.69, 9.17) is 13.7 Å². The number of carbonyl (C=O) groups is 1. The SMILES string of the molecule is Cc1ccc(S(=O)(=O)OCC2COC3(CCN(C(=O)OC(C)(C)C)CC3)C2)cc1. The zero-order valence-electron chi connectivity index (χ0n) is 17.6. The molecule has 1 atom stereocenters. The molecule has 8 heteroatoms. The first-order valence-electron chi connectivity index (χ1n) is 10.1. The lowest BCUT2D eigenvalue weighted by Crippen LogP contribution is -2.48. The van der Waals surface area contributed by atoms with Crippen LogP contribution in [0.5, 0.6) is 0 Å². The minimum absolute atomic E-state index is 0.0169. The second-order valence-corrected chi connectivity index (χ2v) is 10.7. The molecule has 162 valence electrons. The van der Waals surface area contributed by atoms with Crippen molar-refractivity contribution in [2.24, 2.45) is 5.92 Å². The summed E-state index contributed by atoms with van der Waals surface area (Å²) < 4.78 is 41.5. The molecule has 0 aromatic heterocycles. The van der Waals surface area contributed by atoms with Gasteiger partial charge in [-0.15, -0.1) is 0 Å². The number of nitrogens with zero attached hydrogens (tertiary/aromatic N) is 1. The Balaban J connectivity index is 1.49. The van der Waals surface area contributed by atoms with Crippen LogP contribution in [0, 0.1) is 12.8 Å². The highest BCUT2D eigenvalue weighted by atomic mass is 32.2. The molecule has 1 aromatic carbocycles. The van der Waals surface area contributed by atoms with E-state index < -0.39 is 15.7 Å². The zero-order valence-corrected chi connectivity index (χ0v) is 18.5. The number of rotatable bonds is 4. The Morgan fingerprint density at radius 1 is 1.21 bits per heavy atom. The second kappa shape index (κ2) is 8.24. The van der Waals surface area contributed by atoms with Gasteiger partial charge in [0.05, 0.1) is 23.7 Å². The number of amides is 1. The minimum Gasteiger partial charge on any atom is -0.444 e. The molecule has 0 N–H and O–H groups in total. The largest absolute Gasteiger partial charge is 0.444 e. The Morgan fingerprint density at radius 2 is 1.83 bits per heavy atom. The van der Waals surface area contributed by atoms with Crippen LogP contribution in [-0.4, -0.2) is 56.9 Å². The van der Waals surface area contributed by atoms with Crippen LogP contribution in [0.3, 0.4) is 0 Å². The van der Waals surface area contributed by atoms with Crippen LogP contribution >= 0.6 is 0 Å². The summed E-state index contributed by atoms with van der Waals surface area (Å²) in [6.07, 6.45) is 1.87. The quantitative estimate of drug-likeness (QED) is 0.687. The first kappa shape index (κ1) is 22.1. The van der Waals surface area contributed by atoms with Gasteiger partial charge in [-0.1, -0.05) is 17.7 Å². The molecule has 7 nitrogen and oxygen atoms in total. The van der Waals surface area contributed by atoms with E-state index in [2.05, 4.69) is 0 Å². The van der Waals surface area contributed by atoms with E-state index in [1.165, 1.54) is 0 Å². The van der Waals surface area contributed by atoms with Gasteiger partial charge in [-0.3, -0.25) is 4.18 Å². The molecular formula is C21H31NO6S. The van der Waals surface area contributed by atoms with E-state index in [1.54, 1.807) is 29.2 Å². The van der Waals surface area contributed by atoms with Crippen molar-refractivity contribution in [1.29, 1.82) is 0 Å². The Morgan fingerprint density at radius 3 is 2.41 bits per heavy atom. The average molecular weight is 426 g/mol. The van der Waals surface area contributed by atoms with Gasteiger partial charge in [0, 0.05) is 19.0 Å². The third-order valence-electron chi connectivity index (χ3n) is 5.38. The molecule has 1 amide bonds. The summed E-state index contributed by atoms with van der Waals surface area (Å²) in [5.41, 5.74) is 0.175. The van der Waals surface area contributed by atoms with Gasteiger partial charge in [-0.05, 0) is 59.1 Å². The van der Waals surface area contributed by atoms with Gasteiger partial charge in [0.2, 0.25) is 0 Å². The molecule has 0 radical (unpaired) electrons. The predicted molar refractivity (Wildman–Crippen MR) is 108 cm³/mol. The molecular weight excluding hydrogens is 394 g/mol. The third kappa shape index (κ3) is 5.71. The summed E-state index contributed by atoms with van der Waals surface area (Å²) in [5, 5.41) is 0. The highest BCUT2D eigenvalue weighted by molar-refractivity contribution is 7.86. The normalized spacial score (nSPS) is 22.1. The summed E-state index contributed by atoms with van der Waals surface area (Å²) in [6.45, 7) is 9.18. The van der Waals surface area contributed by atoms with Crippen LogP contribution in [0.4, 0.5) is 4.79 Å². The number of carbonyl (C=O) groups excluding carboxylic acids is 1. The van der Waals surface area contributed by atoms with E-state index in [9.17, 15) is 13.2 Å². The summed E-state index contributed by atoms with van der Waals surface area (Å²) in [6, 6.07) is 6.62. The molecule has 2 saturated heterocycles. The highest BCUT2D eigenvalue weighted by Gasteiger charge is 2.44. The first-order chi connectivity index (χ1) is 13.5. The molecule has 3 rings (SSSR count). The van der Waals surface area contributed by atoms with Crippen LogP contribution in [-0.2, 0) is 23.8 Å². The topological polar surface area (TPSA) is 82.1 Å². The number of benzene rings is 1. The zero-order chi connectivity index (χ0) is 21.3. The van der Waals surface area contributed by atoms with Crippen molar-refractivity contribution in [3.63, 3.8) is 0 Å². The summed E-state index contributed by atoms with van der Waals surface area (Å²) in [4.78, 5) is 14.1. The van der Waals surface area contributed by atoms with Crippen molar-refractivity contribution < 1.29 is 26.9 Å². The van der Waals surface area contributed by atoms with Crippen molar-refractivity contribution in [3.05, 3.63) is 29.8 Å². The molecule has 2 aliphatic heterocycles. The van der Waals surface area contributed by atoms with E-state index in [0.29, 0.717) is 32.5 Å². The summed E-state index contributed by atoms with van der Waals surface area (Å²) in [5.74, 6) is 0.0169. The molecule has 0 bridgehead atoms. The lowest BCUT2D eigenvalue weighted by atomic mass is 9.86. The molecule has 0 saturated carbocycles. The number of hydrogen-bond donors (Lipinski definition) is 0. The van der Waals surface area contributed by atoms with Crippen LogP contribution in [0.15, 0.2) is 29.2 Å². The molecule has 2 heterocycles. The van der Waals surface area contributed by atoms with E-state index in [1.807, 2.05) is 27.7 Å². The monoisotopic (exact) mass is 425 g/mol. The van der Waals surface area contributed by atoms with Crippen LogP contribution in [0.2, 0.25) is 0 Å². The molecule has 29 heavy (non-hydrogen) atoms. The first-order valence-corrected chi connectivity index (χ1v) is 11.5. The number of ether oxygens (including phenoxy) is 2. The summed E-state index contributed by atoms with van der Waals surface area (Å²) in [7, 11) is -3.77. The van der Waals surface area contributed by atoms with Gasteiger partial charge in [-0.25, -0.2) is 4.79 Å². The summed E-state index contributed by atoms with van der Waals surface area (Å²) >= 11 is 0. The van der Waals surface area contributed by atoms with Crippen LogP contribution < -0.4 is 0 Å². The molecule has 1 unspecified atom stereocenters. The molecule has 1 aromatic rings. The van der Waals surface area contributed by atoms with Gasteiger partial charge >= 0.3 is 6.09 Å². The van der Waals surface area contributed by atoms with Crippen molar-refractivity contribution in [3.8, 4) is 0 Å². The van der Waals surface area contributed by atoms with Crippen molar-refractivity contribution >= 4 is 16.2 Å². The van der Waals surface area contributed by atoms with Crippen molar-refractivity contribution in [2.75, 3.05) is 26.3 Å². The Labute approximate surface area is 173 Å². The van der Waals surface area contributed by atoms with Gasteiger partial charge < -0.3 is 14.4 Å². The highest BCUT2D eigenvalue weighted by Crippen LogP contribution is 2.39. The Bertz CT molecular complexity index is 820. The maximum absolute atomic E-state index is 12.4. The van der Waals surface area contributed by atoms with Crippen molar-refractivity contribution in [1.82, 2.24) is 4.90 Å². The molecule has 1 spiro atoms. The second-order valence-electron chi connectivity index (χ2n) is 9.08. The van der Waals surface area contributed by atoms with Gasteiger partial charge in [0.15, 0.2) is 0 Å². The Hall–Kier alpha value is -1.64. The standard InChI is InChI=1S/C21H31NO6S/c1-16-5-7-18(8-6-16)29(24,25)27-15-17-13-21(26-14-17)9-11-22(12-10-21)19(23)28-20(2,3)4/h5-8,17H,9-15H2,1-4H3. The average Bonchev–Trinajstić information content (AvgIpc) is 3.02. The maximum atomic E-state index is 12.4. The Kier molecular flexibility index (Phi) is 6.27. The fourth-order valence-electron chi connectivity index (χ4n) is 3.78. The van der Waals surface area contributed by atoms with E-state index >= 15 is 0 Å². The fourth-order valence-corrected chi connectivity index (χ4v) is 4.75. The van der Waals surface area contributed by atoms with Gasteiger partial charge in [0.25, 0.3) is 10.1 Å². The lowest BCUT2D eigenvalue weighted by Gasteiger charge is -2.39.